The van der Waals surface area contributed by atoms with Gasteiger partial charge < -0.3 is 16.2 Å². The van der Waals surface area contributed by atoms with Gasteiger partial charge in [-0.1, -0.05) is 23.3 Å². The number of nitrogens with one attached hydrogen (secondary N) is 1. The number of phenols is 1. The highest BCUT2D eigenvalue weighted by molar-refractivity contribution is 7.87. The molecule has 17 heteroatoms. The van der Waals surface area contributed by atoms with Crippen LogP contribution in [-0.4, -0.2) is 43.5 Å². The molecule has 0 radical (unpaired) electrons. The second-order valence-electron chi connectivity index (χ2n) is 10.3. The van der Waals surface area contributed by atoms with Crippen LogP contribution in [0.15, 0.2) is 79.7 Å². The van der Waals surface area contributed by atoms with E-state index in [-0.39, 0.29) is 17.0 Å². The van der Waals surface area contributed by atoms with Gasteiger partial charge in [0.05, 0.1) is 16.8 Å². The SMILES string of the molecule is Cc1cc(-c2ccc(NC(=O)CCCCN=[N+]=[N-])c(C)c2)ccc1N=Nc1ccc2c(S(=O)(=O)O)cc(S(=O)(=O)O)c(N)c2c1O. The number of nitrogens with zero attached hydrogens (tertiary/aromatic N) is 5. The Balaban J connectivity index is 1.59. The van der Waals surface area contributed by atoms with Crippen LogP contribution in [0.2, 0.25) is 0 Å². The quantitative estimate of drug-likeness (QED) is 0.0283. The molecule has 0 bridgehead atoms. The maximum absolute atomic E-state index is 12.3. The molecule has 0 aliphatic carbocycles. The summed E-state index contributed by atoms with van der Waals surface area (Å²) in [6, 6.07) is 13.8. The number of unbranched alkanes of at least 4 members (excludes halogenated alkanes) is 1. The highest BCUT2D eigenvalue weighted by Crippen LogP contribution is 2.44. The number of benzene rings is 4. The number of hydrogen-bond acceptors (Lipinski definition) is 10. The van der Waals surface area contributed by atoms with E-state index in [9.17, 15) is 35.8 Å². The first-order valence-electron chi connectivity index (χ1n) is 13.6. The number of phenolic OH excluding ortho intramolecular Hbond substituents is 1. The molecule has 4 aromatic rings. The minimum Gasteiger partial charge on any atom is -0.505 e. The van der Waals surface area contributed by atoms with Gasteiger partial charge in [-0.2, -0.15) is 21.9 Å². The molecule has 0 unspecified atom stereocenters. The predicted octanol–water partition coefficient (Wildman–Crippen LogP) is 6.74. The molecule has 15 nitrogen and oxygen atoms in total. The first-order chi connectivity index (χ1) is 21.6. The topological polar surface area (TPSA) is 258 Å². The van der Waals surface area contributed by atoms with Crippen LogP contribution < -0.4 is 11.1 Å². The van der Waals surface area contributed by atoms with E-state index in [1.54, 1.807) is 25.1 Å². The molecule has 6 N–H and O–H groups in total. The van der Waals surface area contributed by atoms with Gasteiger partial charge >= 0.3 is 0 Å². The van der Waals surface area contributed by atoms with Gasteiger partial charge in [-0.05, 0) is 90.9 Å². The summed E-state index contributed by atoms with van der Waals surface area (Å²) >= 11 is 0. The normalized spacial score (nSPS) is 11.9. The Morgan fingerprint density at radius 1 is 0.870 bits per heavy atom. The second-order valence-corrected chi connectivity index (χ2v) is 13.1. The van der Waals surface area contributed by atoms with Crippen molar-refractivity contribution in [1.29, 1.82) is 0 Å². The molecule has 0 heterocycles. The maximum atomic E-state index is 12.3. The summed E-state index contributed by atoms with van der Waals surface area (Å²) in [5.74, 6) is -0.862. The zero-order chi connectivity index (χ0) is 33.8. The van der Waals surface area contributed by atoms with Crippen molar-refractivity contribution in [1.82, 2.24) is 0 Å². The molecule has 240 valence electrons. The Kier molecular flexibility index (Phi) is 9.94. The fraction of sp³-hybridized carbons (Fsp3) is 0.207. The molecule has 0 aliphatic heterocycles. The Hall–Kier alpha value is -5.06. The van der Waals surface area contributed by atoms with Crippen molar-refractivity contribution in [3.63, 3.8) is 0 Å². The van der Waals surface area contributed by atoms with Gasteiger partial charge in [0.15, 0.2) is 5.75 Å². The third kappa shape index (κ3) is 7.59. The largest absolute Gasteiger partial charge is 0.505 e. The number of aromatic hydroxyl groups is 1. The Bertz CT molecular complexity index is 2160. The van der Waals surface area contributed by atoms with Gasteiger partial charge in [0.1, 0.15) is 15.5 Å². The molecule has 1 amide bonds. The lowest BCUT2D eigenvalue weighted by atomic mass is 10.00. The number of aryl methyl sites for hydroxylation is 2. The summed E-state index contributed by atoms with van der Waals surface area (Å²) in [5.41, 5.74) is 17.7. The molecule has 0 fully saturated rings. The molecule has 0 saturated carbocycles. The number of anilines is 2. The van der Waals surface area contributed by atoms with Crippen molar-refractivity contribution in [2.24, 2.45) is 15.3 Å². The van der Waals surface area contributed by atoms with Crippen LogP contribution in [0.25, 0.3) is 32.3 Å². The standard InChI is InChI=1S/C29H29N7O8S2/c1-16-13-18(6-9-21(16)33-26(37)5-3-4-12-32-36-31)19-7-10-22(17(2)14-19)34-35-23-11-8-20-24(45(39,40)41)15-25(46(42,43)44)28(30)27(20)29(23)38/h6-11,13-15,38H,3-5,12,30H2,1-2H3,(H,33,37)(H,39,40,41)(H,42,43,44). The number of amides is 1. The number of fused-ring (bicyclic) bond motifs is 1. The molecule has 0 aliphatic rings. The monoisotopic (exact) mass is 667 g/mol. The summed E-state index contributed by atoms with van der Waals surface area (Å²) < 4.78 is 66.7. The van der Waals surface area contributed by atoms with E-state index in [1.165, 1.54) is 6.07 Å². The highest BCUT2D eigenvalue weighted by Gasteiger charge is 2.26. The van der Waals surface area contributed by atoms with E-state index in [2.05, 4.69) is 25.6 Å². The van der Waals surface area contributed by atoms with E-state index in [1.807, 2.05) is 25.1 Å². The zero-order valence-electron chi connectivity index (χ0n) is 24.5. The Morgan fingerprint density at radius 3 is 2.09 bits per heavy atom. The van der Waals surface area contributed by atoms with Crippen LogP contribution in [0.3, 0.4) is 0 Å². The van der Waals surface area contributed by atoms with Gasteiger partial charge in [-0.25, -0.2) is 0 Å². The first-order valence-corrected chi connectivity index (χ1v) is 16.5. The maximum Gasteiger partial charge on any atom is 0.296 e. The number of nitrogens with two attached hydrogens (primary N) is 1. The van der Waals surface area contributed by atoms with Gasteiger partial charge in [0.2, 0.25) is 5.91 Å². The van der Waals surface area contributed by atoms with Crippen LogP contribution in [0, 0.1) is 13.8 Å². The van der Waals surface area contributed by atoms with Crippen molar-refractivity contribution >= 4 is 59.7 Å². The van der Waals surface area contributed by atoms with Crippen molar-refractivity contribution in [3.05, 3.63) is 76.2 Å². The van der Waals surface area contributed by atoms with Gasteiger partial charge in [0, 0.05) is 29.0 Å². The lowest BCUT2D eigenvalue weighted by Gasteiger charge is -2.13. The average molecular weight is 668 g/mol. The number of nitrogen functional groups attached to an aromatic ring is 1. The van der Waals surface area contributed by atoms with E-state index in [0.717, 1.165) is 22.8 Å². The summed E-state index contributed by atoms with van der Waals surface area (Å²) in [4.78, 5) is 13.1. The number of azo groups is 1. The van der Waals surface area contributed by atoms with Crippen LogP contribution in [0.1, 0.15) is 30.4 Å². The van der Waals surface area contributed by atoms with E-state index in [4.69, 9.17) is 11.3 Å². The van der Waals surface area contributed by atoms with Crippen LogP contribution >= 0.6 is 0 Å². The van der Waals surface area contributed by atoms with E-state index < -0.39 is 46.9 Å². The second kappa shape index (κ2) is 13.5. The number of carbonyl (C=O) groups is 1. The Labute approximate surface area is 263 Å². The summed E-state index contributed by atoms with van der Waals surface area (Å²) in [6.07, 6.45) is 1.53. The molecule has 0 aromatic heterocycles. The number of azide groups is 1. The van der Waals surface area contributed by atoms with Crippen molar-refractivity contribution in [3.8, 4) is 16.9 Å². The minimum absolute atomic E-state index is 0.139. The third-order valence-corrected chi connectivity index (χ3v) is 8.83. The number of rotatable bonds is 11. The summed E-state index contributed by atoms with van der Waals surface area (Å²) in [6.45, 7) is 4.01. The Morgan fingerprint density at radius 2 is 1.48 bits per heavy atom. The molecule has 4 aromatic carbocycles. The molecule has 46 heavy (non-hydrogen) atoms. The van der Waals surface area contributed by atoms with Crippen molar-refractivity contribution < 1.29 is 35.8 Å². The summed E-state index contributed by atoms with van der Waals surface area (Å²) in [5, 5.41) is 24.7. The molecule has 0 saturated heterocycles. The highest BCUT2D eigenvalue weighted by atomic mass is 32.2. The minimum atomic E-state index is -5.04. The molecule has 4 rings (SSSR count). The van der Waals surface area contributed by atoms with E-state index >= 15 is 0 Å². The fourth-order valence-corrected chi connectivity index (χ4v) is 6.16. The average Bonchev–Trinajstić information content (AvgIpc) is 2.97. The van der Waals surface area contributed by atoms with Crippen LogP contribution in [0.5, 0.6) is 5.75 Å². The first kappa shape index (κ1) is 33.8. The molecule has 0 spiro atoms. The van der Waals surface area contributed by atoms with Gasteiger partial charge in [-0.15, -0.1) is 5.11 Å². The van der Waals surface area contributed by atoms with Crippen LogP contribution in [0.4, 0.5) is 22.7 Å². The van der Waals surface area contributed by atoms with E-state index in [0.29, 0.717) is 48.8 Å². The van der Waals surface area contributed by atoms with Crippen LogP contribution in [-0.2, 0) is 25.0 Å². The third-order valence-electron chi connectivity index (χ3n) is 7.05. The molecular weight excluding hydrogens is 638 g/mol. The zero-order valence-corrected chi connectivity index (χ0v) is 26.2. The summed E-state index contributed by atoms with van der Waals surface area (Å²) in [7, 11) is -10.0. The van der Waals surface area contributed by atoms with Crippen molar-refractivity contribution in [2.75, 3.05) is 17.6 Å². The molecule has 0 atom stereocenters. The van der Waals surface area contributed by atoms with Crippen molar-refractivity contribution in [2.45, 2.75) is 42.9 Å². The van der Waals surface area contributed by atoms with Gasteiger partial charge in [-0.3, -0.25) is 13.9 Å². The lowest BCUT2D eigenvalue weighted by Crippen LogP contribution is -2.12. The lowest BCUT2D eigenvalue weighted by molar-refractivity contribution is -0.116. The number of carbonyl (C=O) groups excluding carboxylic acids is 1. The molecular formula is C29H29N7O8S2. The fourth-order valence-electron chi connectivity index (χ4n) is 4.73. The predicted molar refractivity (Wildman–Crippen MR) is 172 cm³/mol. The van der Waals surface area contributed by atoms with Gasteiger partial charge in [0.25, 0.3) is 20.2 Å². The smallest absolute Gasteiger partial charge is 0.296 e. The number of hydrogen-bond donors (Lipinski definition) is 5.